The van der Waals surface area contributed by atoms with Crippen LogP contribution < -0.4 is 16.0 Å². The quantitative estimate of drug-likeness (QED) is 0.745. The smallest absolute Gasteiger partial charge is 0.315 e. The van der Waals surface area contributed by atoms with Gasteiger partial charge in [-0.15, -0.1) is 0 Å². The molecule has 0 radical (unpaired) electrons. The minimum absolute atomic E-state index is 0.0546. The zero-order chi connectivity index (χ0) is 14.4. The molecule has 0 spiro atoms. The summed E-state index contributed by atoms with van der Waals surface area (Å²) in [5, 5.41) is 9.33. The third kappa shape index (κ3) is 2.77. The number of carbonyl (C=O) groups excluding carboxylic acids is 1. The van der Waals surface area contributed by atoms with E-state index >= 15 is 0 Å². The number of carbonyl (C=O) groups is 1. The van der Waals surface area contributed by atoms with Gasteiger partial charge in [0, 0.05) is 24.7 Å². The van der Waals surface area contributed by atoms with Crippen molar-refractivity contribution in [2.45, 2.75) is 62.7 Å². The molecule has 2 atom stereocenters. The second-order valence-corrected chi connectivity index (χ2v) is 7.97. The molecule has 0 aromatic rings. The summed E-state index contributed by atoms with van der Waals surface area (Å²) in [4.78, 5) is 12.2. The SMILES string of the molecule is O=C(NCC1CC(F)CN1)NC12CC3CC(CC(C3)C1)C2. The Hall–Kier alpha value is -0.840. The van der Waals surface area contributed by atoms with E-state index in [1.54, 1.807) is 0 Å². The Balaban J connectivity index is 1.30. The topological polar surface area (TPSA) is 53.2 Å². The third-order valence-electron chi connectivity index (χ3n) is 6.09. The maximum absolute atomic E-state index is 13.1. The lowest BCUT2D eigenvalue weighted by molar-refractivity contribution is -0.0135. The molecule has 21 heavy (non-hydrogen) atoms. The van der Waals surface area contributed by atoms with Crippen molar-refractivity contribution in [3.05, 3.63) is 0 Å². The van der Waals surface area contributed by atoms with Crippen molar-refractivity contribution >= 4 is 6.03 Å². The summed E-state index contributed by atoms with van der Waals surface area (Å²) in [5.41, 5.74) is 0.0601. The van der Waals surface area contributed by atoms with Crippen LogP contribution >= 0.6 is 0 Å². The van der Waals surface area contributed by atoms with Gasteiger partial charge in [-0.05, 0) is 62.7 Å². The second-order valence-electron chi connectivity index (χ2n) is 7.97. The molecule has 4 saturated carbocycles. The predicted octanol–water partition coefficient (Wildman–Crippen LogP) is 1.95. The van der Waals surface area contributed by atoms with Crippen molar-refractivity contribution in [3.8, 4) is 0 Å². The van der Waals surface area contributed by atoms with Gasteiger partial charge in [-0.1, -0.05) is 0 Å². The van der Waals surface area contributed by atoms with Crippen LogP contribution in [0.2, 0.25) is 0 Å². The first-order chi connectivity index (χ1) is 10.1. The van der Waals surface area contributed by atoms with E-state index in [1.807, 2.05) is 0 Å². The minimum atomic E-state index is -0.761. The molecule has 1 aliphatic heterocycles. The van der Waals surface area contributed by atoms with E-state index < -0.39 is 6.17 Å². The molecule has 5 heteroatoms. The van der Waals surface area contributed by atoms with Gasteiger partial charge in [0.15, 0.2) is 0 Å². The number of urea groups is 1. The fraction of sp³-hybridized carbons (Fsp3) is 0.938. The third-order valence-corrected chi connectivity index (χ3v) is 6.09. The van der Waals surface area contributed by atoms with Gasteiger partial charge in [-0.25, -0.2) is 9.18 Å². The molecular formula is C16H26FN3O. The number of nitrogens with one attached hydrogen (secondary N) is 3. The molecular weight excluding hydrogens is 269 g/mol. The average Bonchev–Trinajstić information content (AvgIpc) is 2.80. The van der Waals surface area contributed by atoms with Gasteiger partial charge >= 0.3 is 6.03 Å². The Labute approximate surface area is 125 Å². The van der Waals surface area contributed by atoms with E-state index in [0.717, 1.165) is 17.8 Å². The number of hydrogen-bond donors (Lipinski definition) is 3. The normalized spacial score (nSPS) is 47.6. The van der Waals surface area contributed by atoms with Crippen molar-refractivity contribution in [1.29, 1.82) is 0 Å². The van der Waals surface area contributed by atoms with E-state index in [9.17, 15) is 9.18 Å². The standard InChI is InChI=1S/C16H26FN3O/c17-13-4-14(18-8-13)9-19-15(21)20-16-5-10-1-11(6-16)3-12(2-10)7-16/h10-14,18H,1-9H2,(H2,19,20,21). The van der Waals surface area contributed by atoms with Gasteiger partial charge in [0.25, 0.3) is 0 Å². The molecule has 4 aliphatic carbocycles. The number of halogens is 1. The van der Waals surface area contributed by atoms with Crippen molar-refractivity contribution in [1.82, 2.24) is 16.0 Å². The van der Waals surface area contributed by atoms with Crippen LogP contribution in [0.1, 0.15) is 44.9 Å². The van der Waals surface area contributed by atoms with Crippen LogP contribution in [0.15, 0.2) is 0 Å². The summed E-state index contributed by atoms with van der Waals surface area (Å²) in [6.07, 6.45) is 7.40. The van der Waals surface area contributed by atoms with Crippen LogP contribution in [0.4, 0.5) is 9.18 Å². The lowest BCUT2D eigenvalue weighted by atomic mass is 9.53. The summed E-state index contributed by atoms with van der Waals surface area (Å²) in [6, 6.07) is 0.0307. The Kier molecular flexibility index (Phi) is 3.36. The van der Waals surface area contributed by atoms with Crippen molar-refractivity contribution < 1.29 is 9.18 Å². The van der Waals surface area contributed by atoms with E-state index in [1.165, 1.54) is 38.5 Å². The number of amides is 2. The fourth-order valence-electron chi connectivity index (χ4n) is 5.69. The molecule has 2 unspecified atom stereocenters. The highest BCUT2D eigenvalue weighted by Gasteiger charge is 2.51. The lowest BCUT2D eigenvalue weighted by Crippen LogP contribution is -2.61. The molecule has 3 N–H and O–H groups in total. The van der Waals surface area contributed by atoms with E-state index in [4.69, 9.17) is 0 Å². The maximum Gasteiger partial charge on any atom is 0.315 e. The zero-order valence-corrected chi connectivity index (χ0v) is 12.5. The lowest BCUT2D eigenvalue weighted by Gasteiger charge is -2.56. The Morgan fingerprint density at radius 1 is 1.10 bits per heavy atom. The molecule has 5 rings (SSSR count). The molecule has 4 bridgehead atoms. The molecule has 118 valence electrons. The summed E-state index contributed by atoms with van der Waals surface area (Å²) in [5.74, 6) is 2.50. The van der Waals surface area contributed by atoms with Crippen molar-refractivity contribution in [2.75, 3.05) is 13.1 Å². The summed E-state index contributed by atoms with van der Waals surface area (Å²) >= 11 is 0. The highest BCUT2D eigenvalue weighted by molar-refractivity contribution is 5.75. The van der Waals surface area contributed by atoms with Crippen LogP contribution in [0.5, 0.6) is 0 Å². The molecule has 0 aromatic carbocycles. The minimum Gasteiger partial charge on any atom is -0.337 e. The first kappa shape index (κ1) is 13.8. The van der Waals surface area contributed by atoms with Crippen LogP contribution in [-0.4, -0.2) is 36.9 Å². The second kappa shape index (κ2) is 5.11. The summed E-state index contributed by atoms with van der Waals surface area (Å²) < 4.78 is 13.1. The van der Waals surface area contributed by atoms with E-state index in [2.05, 4.69) is 16.0 Å². The number of rotatable bonds is 3. The van der Waals surface area contributed by atoms with Gasteiger partial charge in [0.1, 0.15) is 6.17 Å². The zero-order valence-electron chi connectivity index (χ0n) is 12.5. The number of hydrogen-bond acceptors (Lipinski definition) is 2. The largest absolute Gasteiger partial charge is 0.337 e. The molecule has 2 amide bonds. The number of alkyl halides is 1. The average molecular weight is 295 g/mol. The van der Waals surface area contributed by atoms with Gasteiger partial charge in [0.05, 0.1) is 0 Å². The fourth-order valence-corrected chi connectivity index (χ4v) is 5.69. The van der Waals surface area contributed by atoms with E-state index in [0.29, 0.717) is 19.5 Å². The van der Waals surface area contributed by atoms with Crippen LogP contribution in [-0.2, 0) is 0 Å². The van der Waals surface area contributed by atoms with Crippen LogP contribution in [0, 0.1) is 17.8 Å². The monoisotopic (exact) mass is 295 g/mol. The Morgan fingerprint density at radius 3 is 2.24 bits per heavy atom. The molecule has 1 saturated heterocycles. The predicted molar refractivity (Wildman–Crippen MR) is 78.7 cm³/mol. The molecule has 4 nitrogen and oxygen atoms in total. The van der Waals surface area contributed by atoms with Gasteiger partial charge in [-0.3, -0.25) is 0 Å². The highest BCUT2D eigenvalue weighted by atomic mass is 19.1. The Bertz CT molecular complexity index is 392. The van der Waals surface area contributed by atoms with Crippen LogP contribution in [0.25, 0.3) is 0 Å². The first-order valence-corrected chi connectivity index (χ1v) is 8.54. The van der Waals surface area contributed by atoms with Crippen LogP contribution in [0.3, 0.4) is 0 Å². The van der Waals surface area contributed by atoms with E-state index in [-0.39, 0.29) is 17.6 Å². The molecule has 5 fully saturated rings. The van der Waals surface area contributed by atoms with Crippen molar-refractivity contribution in [2.24, 2.45) is 17.8 Å². The van der Waals surface area contributed by atoms with Gasteiger partial charge in [-0.2, -0.15) is 0 Å². The maximum atomic E-state index is 13.1. The first-order valence-electron chi connectivity index (χ1n) is 8.54. The van der Waals surface area contributed by atoms with Gasteiger partial charge < -0.3 is 16.0 Å². The molecule has 0 aromatic heterocycles. The molecule has 1 heterocycles. The van der Waals surface area contributed by atoms with Crippen molar-refractivity contribution in [3.63, 3.8) is 0 Å². The Morgan fingerprint density at radius 2 is 1.71 bits per heavy atom. The summed E-state index contributed by atoms with van der Waals surface area (Å²) in [6.45, 7) is 0.946. The van der Waals surface area contributed by atoms with Gasteiger partial charge in [0.2, 0.25) is 0 Å². The molecule has 5 aliphatic rings. The highest BCUT2D eigenvalue weighted by Crippen LogP contribution is 2.55. The summed E-state index contributed by atoms with van der Waals surface area (Å²) in [7, 11) is 0.